The first-order chi connectivity index (χ1) is 8.58. The molecule has 1 aliphatic rings. The number of rotatable bonds is 2. The van der Waals surface area contributed by atoms with Gasteiger partial charge in [-0.3, -0.25) is 0 Å². The number of benzene rings is 1. The van der Waals surface area contributed by atoms with Crippen molar-refractivity contribution in [1.82, 2.24) is 4.90 Å². The van der Waals surface area contributed by atoms with Gasteiger partial charge in [-0.05, 0) is 24.3 Å². The van der Waals surface area contributed by atoms with Crippen LogP contribution >= 0.6 is 23.4 Å². The zero-order valence-corrected chi connectivity index (χ0v) is 10.9. The van der Waals surface area contributed by atoms with Gasteiger partial charge in [-0.25, -0.2) is 9.59 Å². The van der Waals surface area contributed by atoms with Crippen molar-refractivity contribution >= 4 is 41.1 Å². The maximum atomic E-state index is 11.9. The number of amides is 2. The molecule has 0 bridgehead atoms. The Kier molecular flexibility index (Phi) is 3.98. The highest BCUT2D eigenvalue weighted by molar-refractivity contribution is 7.99. The monoisotopic (exact) mass is 286 g/mol. The van der Waals surface area contributed by atoms with Crippen LogP contribution in [0.15, 0.2) is 24.3 Å². The Hall–Kier alpha value is -1.40. The fourth-order valence-corrected chi connectivity index (χ4v) is 2.85. The Balaban J connectivity index is 2.03. The van der Waals surface area contributed by atoms with Crippen LogP contribution in [0.3, 0.4) is 0 Å². The van der Waals surface area contributed by atoms with Gasteiger partial charge in [0.15, 0.2) is 0 Å². The van der Waals surface area contributed by atoms with Gasteiger partial charge in [0.25, 0.3) is 0 Å². The van der Waals surface area contributed by atoms with Crippen molar-refractivity contribution in [2.45, 2.75) is 6.04 Å². The summed E-state index contributed by atoms with van der Waals surface area (Å²) in [5.74, 6) is -0.175. The smallest absolute Gasteiger partial charge is 0.327 e. The lowest BCUT2D eigenvalue weighted by Crippen LogP contribution is -2.43. The van der Waals surface area contributed by atoms with Crippen LogP contribution in [0.1, 0.15) is 0 Å². The zero-order chi connectivity index (χ0) is 13.1. The van der Waals surface area contributed by atoms with E-state index in [4.69, 9.17) is 16.7 Å². The number of hydrogen-bond acceptors (Lipinski definition) is 3. The molecule has 96 valence electrons. The maximum Gasteiger partial charge on any atom is 0.327 e. The fraction of sp³-hybridized carbons (Fsp3) is 0.273. The van der Waals surface area contributed by atoms with Gasteiger partial charge in [-0.1, -0.05) is 11.6 Å². The molecule has 1 fully saturated rings. The molecular formula is C11H11ClN2O3S. The lowest BCUT2D eigenvalue weighted by Gasteiger charge is -2.20. The Morgan fingerprint density at radius 1 is 1.39 bits per heavy atom. The third-order valence-electron chi connectivity index (χ3n) is 2.52. The van der Waals surface area contributed by atoms with Gasteiger partial charge in [0.2, 0.25) is 0 Å². The molecule has 0 aliphatic carbocycles. The summed E-state index contributed by atoms with van der Waals surface area (Å²) in [4.78, 5) is 24.2. The largest absolute Gasteiger partial charge is 0.480 e. The van der Waals surface area contributed by atoms with E-state index in [-0.39, 0.29) is 0 Å². The molecule has 2 amide bonds. The van der Waals surface area contributed by atoms with E-state index in [0.717, 1.165) is 0 Å². The first-order valence-corrected chi connectivity index (χ1v) is 6.75. The molecule has 2 rings (SSSR count). The zero-order valence-electron chi connectivity index (χ0n) is 9.30. The molecular weight excluding hydrogens is 276 g/mol. The van der Waals surface area contributed by atoms with Gasteiger partial charge < -0.3 is 15.3 Å². The van der Waals surface area contributed by atoms with E-state index in [1.807, 2.05) is 0 Å². The van der Waals surface area contributed by atoms with Crippen molar-refractivity contribution in [3.05, 3.63) is 29.3 Å². The number of carboxylic acid groups (broad SMARTS) is 1. The second-order valence-electron chi connectivity index (χ2n) is 3.76. The number of nitrogens with zero attached hydrogens (tertiary/aromatic N) is 1. The number of thioether (sulfide) groups is 1. The molecule has 0 spiro atoms. The second kappa shape index (κ2) is 5.49. The highest BCUT2D eigenvalue weighted by atomic mass is 35.5. The second-order valence-corrected chi connectivity index (χ2v) is 5.20. The van der Waals surface area contributed by atoms with E-state index in [0.29, 0.717) is 22.3 Å². The average Bonchev–Trinajstić information content (AvgIpc) is 2.81. The summed E-state index contributed by atoms with van der Waals surface area (Å²) in [6, 6.07) is 5.48. The topological polar surface area (TPSA) is 69.6 Å². The molecule has 18 heavy (non-hydrogen) atoms. The van der Waals surface area contributed by atoms with E-state index in [1.54, 1.807) is 24.3 Å². The third-order valence-corrected chi connectivity index (χ3v) is 3.79. The fourth-order valence-electron chi connectivity index (χ4n) is 1.58. The molecule has 1 saturated heterocycles. The maximum absolute atomic E-state index is 11.9. The van der Waals surface area contributed by atoms with Crippen LogP contribution in [0.5, 0.6) is 0 Å². The highest BCUT2D eigenvalue weighted by Crippen LogP contribution is 2.22. The van der Waals surface area contributed by atoms with Crippen LogP contribution in [-0.4, -0.2) is 39.7 Å². The Morgan fingerprint density at radius 3 is 2.67 bits per heavy atom. The van der Waals surface area contributed by atoms with Crippen LogP contribution in [-0.2, 0) is 4.79 Å². The summed E-state index contributed by atoms with van der Waals surface area (Å²) in [6.45, 7) is 0. The standard InChI is InChI=1S/C11H11ClN2O3S/c12-7-1-3-8(4-2-7)13-11(17)14-6-18-5-9(14)10(15)16/h1-4,9H,5-6H2,(H,13,17)(H,15,16)/t9-/m1/s1. The van der Waals surface area contributed by atoms with Gasteiger partial charge in [0.1, 0.15) is 6.04 Å². The van der Waals surface area contributed by atoms with Gasteiger partial charge in [-0.2, -0.15) is 0 Å². The van der Waals surface area contributed by atoms with Crippen molar-refractivity contribution in [3.8, 4) is 0 Å². The van der Waals surface area contributed by atoms with E-state index < -0.39 is 18.0 Å². The summed E-state index contributed by atoms with van der Waals surface area (Å²) in [5, 5.41) is 12.2. The minimum absolute atomic E-state index is 0.385. The quantitative estimate of drug-likeness (QED) is 0.875. The molecule has 0 unspecified atom stereocenters. The number of carboxylic acids is 1. The molecule has 0 saturated carbocycles. The summed E-state index contributed by atoms with van der Waals surface area (Å²) in [7, 11) is 0. The van der Waals surface area contributed by atoms with Crippen molar-refractivity contribution in [2.75, 3.05) is 16.9 Å². The normalized spacial score (nSPS) is 18.7. The minimum atomic E-state index is -0.980. The van der Waals surface area contributed by atoms with E-state index >= 15 is 0 Å². The van der Waals surface area contributed by atoms with E-state index in [2.05, 4.69) is 5.32 Å². The number of nitrogens with one attached hydrogen (secondary N) is 1. The van der Waals surface area contributed by atoms with E-state index in [9.17, 15) is 9.59 Å². The van der Waals surface area contributed by atoms with Crippen LogP contribution in [0.2, 0.25) is 5.02 Å². The number of urea groups is 1. The summed E-state index contributed by atoms with van der Waals surface area (Å²) in [5.41, 5.74) is 0.588. The van der Waals surface area contributed by atoms with Crippen molar-refractivity contribution in [3.63, 3.8) is 0 Å². The summed E-state index contributed by atoms with van der Waals surface area (Å²) < 4.78 is 0. The highest BCUT2D eigenvalue weighted by Gasteiger charge is 2.34. The molecule has 1 heterocycles. The van der Waals surface area contributed by atoms with Crippen LogP contribution < -0.4 is 5.32 Å². The number of anilines is 1. The molecule has 0 radical (unpaired) electrons. The lowest BCUT2D eigenvalue weighted by molar-refractivity contribution is -0.140. The lowest BCUT2D eigenvalue weighted by atomic mass is 10.3. The van der Waals surface area contributed by atoms with Gasteiger partial charge in [-0.15, -0.1) is 11.8 Å². The predicted octanol–water partition coefficient (Wildman–Crippen LogP) is 2.33. The molecule has 2 N–H and O–H groups in total. The Bertz CT molecular complexity index is 466. The van der Waals surface area contributed by atoms with Crippen molar-refractivity contribution < 1.29 is 14.7 Å². The van der Waals surface area contributed by atoms with Crippen LogP contribution in [0.4, 0.5) is 10.5 Å². The number of carbonyl (C=O) groups is 2. The Labute approximate surface area is 113 Å². The van der Waals surface area contributed by atoms with Crippen molar-refractivity contribution in [2.24, 2.45) is 0 Å². The first-order valence-electron chi connectivity index (χ1n) is 5.21. The van der Waals surface area contributed by atoms with Gasteiger partial charge in [0.05, 0.1) is 5.88 Å². The van der Waals surface area contributed by atoms with Gasteiger partial charge >= 0.3 is 12.0 Å². The summed E-state index contributed by atoms with van der Waals surface area (Å²) >= 11 is 7.16. The van der Waals surface area contributed by atoms with Crippen LogP contribution in [0, 0.1) is 0 Å². The molecule has 0 aromatic heterocycles. The Morgan fingerprint density at radius 2 is 2.06 bits per heavy atom. The molecule has 5 nitrogen and oxygen atoms in total. The number of hydrogen-bond donors (Lipinski definition) is 2. The minimum Gasteiger partial charge on any atom is -0.480 e. The SMILES string of the molecule is O=C(O)[C@H]1CSCN1C(=O)Nc1ccc(Cl)cc1. The van der Waals surface area contributed by atoms with Crippen molar-refractivity contribution in [1.29, 1.82) is 0 Å². The van der Waals surface area contributed by atoms with Gasteiger partial charge in [0, 0.05) is 16.5 Å². The third kappa shape index (κ3) is 2.88. The number of carbonyl (C=O) groups excluding carboxylic acids is 1. The first kappa shape index (κ1) is 13.0. The molecule has 1 atom stereocenters. The molecule has 1 aromatic carbocycles. The molecule has 1 aliphatic heterocycles. The predicted molar refractivity (Wildman–Crippen MR) is 71.1 cm³/mol. The molecule has 7 heteroatoms. The number of halogens is 1. The number of aliphatic carboxylic acids is 1. The average molecular weight is 287 g/mol. The molecule has 1 aromatic rings. The van der Waals surface area contributed by atoms with Crippen LogP contribution in [0.25, 0.3) is 0 Å². The summed E-state index contributed by atoms with van der Waals surface area (Å²) in [6.07, 6.45) is 0. The van der Waals surface area contributed by atoms with E-state index in [1.165, 1.54) is 16.7 Å².